The predicted molar refractivity (Wildman–Crippen MR) is 67.0 cm³/mol. The van der Waals surface area contributed by atoms with Gasteiger partial charge in [-0.2, -0.15) is 0 Å². The summed E-state index contributed by atoms with van der Waals surface area (Å²) in [6.07, 6.45) is 1.24. The van der Waals surface area contributed by atoms with E-state index in [-0.39, 0.29) is 6.61 Å². The Morgan fingerprint density at radius 1 is 1.61 bits per heavy atom. The van der Waals surface area contributed by atoms with Gasteiger partial charge in [-0.3, -0.25) is 4.79 Å². The van der Waals surface area contributed by atoms with E-state index in [1.807, 2.05) is 6.07 Å². The molecule has 0 spiro atoms. The highest BCUT2D eigenvalue weighted by Gasteiger charge is 2.36. The summed E-state index contributed by atoms with van der Waals surface area (Å²) in [5.74, 6) is 2.99. The van der Waals surface area contributed by atoms with Crippen LogP contribution in [0.15, 0.2) is 16.5 Å². The number of rotatable bonds is 8. The molecule has 0 radical (unpaired) electrons. The standard InChI is InChI=1S/C13H20N2O3/c1-9-6-11(9)12-3-2-10(18-12)7-15-4-5-17-8-13(14)16/h2-3,9,11,15H,4-8H2,1H3,(H2,14,16). The van der Waals surface area contributed by atoms with Crippen molar-refractivity contribution in [3.8, 4) is 0 Å². The summed E-state index contributed by atoms with van der Waals surface area (Å²) in [5, 5.41) is 3.19. The molecule has 1 aromatic rings. The third-order valence-corrected chi connectivity index (χ3v) is 3.12. The van der Waals surface area contributed by atoms with Gasteiger partial charge in [0.15, 0.2) is 0 Å². The lowest BCUT2D eigenvalue weighted by atomic mass is 10.3. The molecule has 5 heteroatoms. The number of nitrogens with two attached hydrogens (primary N) is 1. The number of carbonyl (C=O) groups is 1. The first-order valence-corrected chi connectivity index (χ1v) is 6.32. The summed E-state index contributed by atoms with van der Waals surface area (Å²) in [4.78, 5) is 10.4. The number of hydrogen-bond acceptors (Lipinski definition) is 4. The molecule has 0 aromatic carbocycles. The van der Waals surface area contributed by atoms with Crippen molar-refractivity contribution in [2.24, 2.45) is 11.7 Å². The maximum atomic E-state index is 10.4. The van der Waals surface area contributed by atoms with Crippen LogP contribution in [0.3, 0.4) is 0 Å². The first-order chi connectivity index (χ1) is 8.66. The van der Waals surface area contributed by atoms with Crippen LogP contribution in [0.25, 0.3) is 0 Å². The van der Waals surface area contributed by atoms with Crippen molar-refractivity contribution in [2.45, 2.75) is 25.8 Å². The molecule has 3 N–H and O–H groups in total. The van der Waals surface area contributed by atoms with Gasteiger partial charge in [0.05, 0.1) is 13.2 Å². The smallest absolute Gasteiger partial charge is 0.243 e. The Labute approximate surface area is 107 Å². The number of nitrogens with one attached hydrogen (secondary N) is 1. The largest absolute Gasteiger partial charge is 0.464 e. The van der Waals surface area contributed by atoms with Crippen molar-refractivity contribution in [1.29, 1.82) is 0 Å². The van der Waals surface area contributed by atoms with E-state index in [2.05, 4.69) is 18.3 Å². The van der Waals surface area contributed by atoms with Crippen molar-refractivity contribution >= 4 is 5.91 Å². The van der Waals surface area contributed by atoms with Crippen LogP contribution in [0.5, 0.6) is 0 Å². The van der Waals surface area contributed by atoms with Crippen molar-refractivity contribution < 1.29 is 13.9 Å². The molecule has 0 saturated heterocycles. The average Bonchev–Trinajstić information content (AvgIpc) is 2.88. The molecular weight excluding hydrogens is 232 g/mol. The van der Waals surface area contributed by atoms with E-state index in [1.165, 1.54) is 6.42 Å². The van der Waals surface area contributed by atoms with Gasteiger partial charge >= 0.3 is 0 Å². The Balaban J connectivity index is 1.59. The number of hydrogen-bond donors (Lipinski definition) is 2. The maximum Gasteiger partial charge on any atom is 0.243 e. The lowest BCUT2D eigenvalue weighted by Crippen LogP contribution is -2.23. The molecule has 1 amide bonds. The second-order valence-electron chi connectivity index (χ2n) is 4.82. The molecule has 1 aliphatic rings. The molecule has 1 aliphatic carbocycles. The molecule has 0 bridgehead atoms. The van der Waals surface area contributed by atoms with Crippen LogP contribution in [0.2, 0.25) is 0 Å². The Bertz CT molecular complexity index is 403. The monoisotopic (exact) mass is 252 g/mol. The van der Waals surface area contributed by atoms with Gasteiger partial charge in [0.1, 0.15) is 18.1 Å². The number of carbonyl (C=O) groups excluding carboxylic acids is 1. The third kappa shape index (κ3) is 3.85. The molecule has 1 aromatic heterocycles. The topological polar surface area (TPSA) is 77.5 Å². The number of primary amides is 1. The van der Waals surface area contributed by atoms with Gasteiger partial charge in [0.2, 0.25) is 5.91 Å². The highest BCUT2D eigenvalue weighted by Crippen LogP contribution is 2.47. The van der Waals surface area contributed by atoms with Crippen LogP contribution in [-0.2, 0) is 16.1 Å². The van der Waals surface area contributed by atoms with E-state index in [0.717, 1.165) is 17.4 Å². The van der Waals surface area contributed by atoms with Crippen LogP contribution in [0, 0.1) is 5.92 Å². The lowest BCUT2D eigenvalue weighted by molar-refractivity contribution is -0.122. The van der Waals surface area contributed by atoms with Gasteiger partial charge in [0, 0.05) is 12.5 Å². The molecule has 5 nitrogen and oxygen atoms in total. The van der Waals surface area contributed by atoms with Crippen LogP contribution in [0.4, 0.5) is 0 Å². The van der Waals surface area contributed by atoms with Crippen molar-refractivity contribution in [3.63, 3.8) is 0 Å². The quantitative estimate of drug-likeness (QED) is 0.676. The van der Waals surface area contributed by atoms with Crippen molar-refractivity contribution in [2.75, 3.05) is 19.8 Å². The van der Waals surface area contributed by atoms with Gasteiger partial charge in [-0.05, 0) is 24.5 Å². The van der Waals surface area contributed by atoms with Crippen molar-refractivity contribution in [1.82, 2.24) is 5.32 Å². The van der Waals surface area contributed by atoms with Gasteiger partial charge in [-0.15, -0.1) is 0 Å². The number of ether oxygens (including phenoxy) is 1. The Morgan fingerprint density at radius 3 is 3.06 bits per heavy atom. The fraction of sp³-hybridized carbons (Fsp3) is 0.615. The van der Waals surface area contributed by atoms with Crippen LogP contribution in [0.1, 0.15) is 30.8 Å². The molecule has 2 unspecified atom stereocenters. The minimum absolute atomic E-state index is 0.0217. The highest BCUT2D eigenvalue weighted by atomic mass is 16.5. The van der Waals surface area contributed by atoms with Crippen LogP contribution in [-0.4, -0.2) is 25.7 Å². The van der Waals surface area contributed by atoms with E-state index in [0.29, 0.717) is 25.6 Å². The first-order valence-electron chi connectivity index (χ1n) is 6.32. The van der Waals surface area contributed by atoms with Gasteiger partial charge < -0.3 is 20.2 Å². The molecule has 1 fully saturated rings. The molecule has 100 valence electrons. The second kappa shape index (κ2) is 6.02. The first kappa shape index (κ1) is 13.1. The van der Waals surface area contributed by atoms with Crippen molar-refractivity contribution in [3.05, 3.63) is 23.7 Å². The molecule has 2 rings (SSSR count). The lowest BCUT2D eigenvalue weighted by Gasteiger charge is -2.03. The highest BCUT2D eigenvalue weighted by molar-refractivity contribution is 5.74. The molecular formula is C13H20N2O3. The molecule has 0 aliphatic heterocycles. The van der Waals surface area contributed by atoms with E-state index in [4.69, 9.17) is 14.9 Å². The second-order valence-corrected chi connectivity index (χ2v) is 4.82. The third-order valence-electron chi connectivity index (χ3n) is 3.12. The summed E-state index contributed by atoms with van der Waals surface area (Å²) in [7, 11) is 0. The van der Waals surface area contributed by atoms with E-state index in [9.17, 15) is 4.79 Å². The van der Waals surface area contributed by atoms with Crippen LogP contribution < -0.4 is 11.1 Å². The normalized spacial score (nSPS) is 22.1. The zero-order chi connectivity index (χ0) is 13.0. The Hall–Kier alpha value is -1.33. The molecule has 1 heterocycles. The zero-order valence-electron chi connectivity index (χ0n) is 10.6. The SMILES string of the molecule is CC1CC1c1ccc(CNCCOCC(N)=O)o1. The molecule has 1 saturated carbocycles. The number of furan rings is 1. The fourth-order valence-electron chi connectivity index (χ4n) is 1.94. The van der Waals surface area contributed by atoms with Gasteiger partial charge in [-0.25, -0.2) is 0 Å². The fourth-order valence-corrected chi connectivity index (χ4v) is 1.94. The average molecular weight is 252 g/mol. The molecule has 2 atom stereocenters. The summed E-state index contributed by atoms with van der Waals surface area (Å²) in [6.45, 7) is 4.04. The maximum absolute atomic E-state index is 10.4. The summed E-state index contributed by atoms with van der Waals surface area (Å²) in [5.41, 5.74) is 4.95. The predicted octanol–water partition coefficient (Wildman–Crippen LogP) is 0.994. The van der Waals surface area contributed by atoms with Crippen LogP contribution >= 0.6 is 0 Å². The van der Waals surface area contributed by atoms with Gasteiger partial charge in [0.25, 0.3) is 0 Å². The van der Waals surface area contributed by atoms with E-state index < -0.39 is 5.91 Å². The van der Waals surface area contributed by atoms with Gasteiger partial charge in [-0.1, -0.05) is 6.92 Å². The Morgan fingerprint density at radius 2 is 2.39 bits per heavy atom. The minimum atomic E-state index is -0.441. The number of amides is 1. The zero-order valence-corrected chi connectivity index (χ0v) is 10.6. The summed E-state index contributed by atoms with van der Waals surface area (Å²) in [6, 6.07) is 4.08. The summed E-state index contributed by atoms with van der Waals surface area (Å²) < 4.78 is 10.8. The Kier molecular flexibility index (Phi) is 4.38. The summed E-state index contributed by atoms with van der Waals surface area (Å²) >= 11 is 0. The molecule has 18 heavy (non-hydrogen) atoms. The van der Waals surface area contributed by atoms with E-state index >= 15 is 0 Å². The van der Waals surface area contributed by atoms with E-state index in [1.54, 1.807) is 0 Å². The minimum Gasteiger partial charge on any atom is -0.464 e.